The molecule has 0 aromatic carbocycles. The number of carboxylic acid groups (broad SMARTS) is 2. The van der Waals surface area contributed by atoms with E-state index in [0.717, 1.165) is 0 Å². The van der Waals surface area contributed by atoms with Gasteiger partial charge < -0.3 is 48.5 Å². The first-order chi connectivity index (χ1) is 5.45. The molecule has 0 aliphatic rings. The van der Waals surface area contributed by atoms with E-state index in [4.69, 9.17) is 10.2 Å². The number of quaternary nitrogens is 3. The number of aliphatic carboxylic acids is 2. The van der Waals surface area contributed by atoms with E-state index in [1.807, 2.05) is 0 Å². The van der Waals surface area contributed by atoms with E-state index in [1.165, 1.54) is 0 Å². The summed E-state index contributed by atoms with van der Waals surface area (Å²) >= 11 is 0. The highest BCUT2D eigenvalue weighted by Crippen LogP contribution is 1.85. The Hall–Kier alpha value is -1.26. The summed E-state index contributed by atoms with van der Waals surface area (Å²) in [6, 6.07) is 0. The Kier molecular flexibility index (Phi) is 36.0. The molecular weight excluding hydrogens is 210 g/mol. The molecule has 15 heavy (non-hydrogen) atoms. The molecule has 0 fully saturated rings. The summed E-state index contributed by atoms with van der Waals surface area (Å²) in [6.07, 6.45) is -2.89. The smallest absolute Gasteiger partial charge is 0.0985 e. The van der Waals surface area contributed by atoms with Crippen LogP contribution in [0.4, 0.5) is 0 Å². The summed E-state index contributed by atoms with van der Waals surface area (Å²) in [5.74, 6) is -3.43. The molecule has 0 rings (SSSR count). The molecule has 0 saturated carbocycles. The van der Waals surface area contributed by atoms with Crippen molar-refractivity contribution in [1.82, 2.24) is 18.5 Å². The van der Waals surface area contributed by atoms with Gasteiger partial charge in [0.05, 0.1) is 12.1 Å². The molecular formula is C6H21N3O6. The number of hydrogen-bond acceptors (Lipinski definition) is 6. The highest BCUT2D eigenvalue weighted by atomic mass is 16.4. The average Bonchev–Trinajstić information content (AvgIpc) is 1.87. The first-order valence-electron chi connectivity index (χ1n) is 3.12. The van der Waals surface area contributed by atoms with Crippen LogP contribution in [-0.4, -0.2) is 29.8 Å². The molecule has 0 aliphatic heterocycles. The molecule has 96 valence electrons. The highest BCUT2D eigenvalue weighted by molar-refractivity contribution is 5.76. The van der Waals surface area contributed by atoms with Crippen LogP contribution >= 0.6 is 0 Å². The number of hydrogen-bond donors (Lipinski definition) is 4. The van der Waals surface area contributed by atoms with Gasteiger partial charge in [-0.2, -0.15) is 0 Å². The number of aliphatic hydroxyl groups is 1. The van der Waals surface area contributed by atoms with Gasteiger partial charge in [0.25, 0.3) is 0 Å². The summed E-state index contributed by atoms with van der Waals surface area (Å²) in [4.78, 5) is 19.1. The fourth-order valence-electron chi connectivity index (χ4n) is 0.241. The van der Waals surface area contributed by atoms with Crippen LogP contribution < -0.4 is 33.8 Å². The number of aliphatic hydroxyl groups excluding tert-OH is 1. The van der Waals surface area contributed by atoms with Gasteiger partial charge in [0.2, 0.25) is 0 Å². The second kappa shape index (κ2) is 18.5. The Bertz CT molecular complexity index is 154. The third-order valence-electron chi connectivity index (χ3n) is 0.632. The predicted octanol–water partition coefficient (Wildman–Crippen LogP) is -3.27. The van der Waals surface area contributed by atoms with Crippen LogP contribution in [0, 0.1) is 0 Å². The zero-order chi connectivity index (χ0) is 10.1. The first kappa shape index (κ1) is 29.2. The normalized spacial score (nSPS) is 8.73. The topological polar surface area (TPSA) is 233 Å². The maximum atomic E-state index is 9.58. The highest BCUT2D eigenvalue weighted by Gasteiger charge is 2.03. The van der Waals surface area contributed by atoms with Crippen molar-refractivity contribution in [3.8, 4) is 0 Å². The Morgan fingerprint density at radius 1 is 1.20 bits per heavy atom. The monoisotopic (exact) mass is 231 g/mol. The second-order valence-corrected chi connectivity index (χ2v) is 1.70. The van der Waals surface area contributed by atoms with Gasteiger partial charge in [-0.25, -0.2) is 0 Å². The lowest BCUT2D eigenvalue weighted by molar-refractivity contribution is -0.361. The lowest BCUT2D eigenvalue weighted by atomic mass is 10.3. The Labute approximate surface area is 87.5 Å². The molecule has 0 aromatic rings. The minimum Gasteiger partial charge on any atom is -0.855 e. The predicted molar refractivity (Wildman–Crippen MR) is 49.1 cm³/mol. The van der Waals surface area contributed by atoms with E-state index in [-0.39, 0.29) is 25.1 Å². The van der Waals surface area contributed by atoms with Gasteiger partial charge in [0.1, 0.15) is 0 Å². The van der Waals surface area contributed by atoms with Crippen molar-refractivity contribution in [1.29, 1.82) is 0 Å². The molecule has 0 aliphatic carbocycles. The average molecular weight is 231 g/mol. The van der Waals surface area contributed by atoms with Crippen LogP contribution in [0.15, 0.2) is 0 Å². The molecule has 0 radical (unpaired) electrons. The van der Waals surface area contributed by atoms with E-state index in [1.54, 1.807) is 6.92 Å². The van der Waals surface area contributed by atoms with Crippen LogP contribution in [0.1, 0.15) is 13.3 Å². The summed E-state index contributed by atoms with van der Waals surface area (Å²) in [7, 11) is 0. The number of rotatable bonds is 3. The van der Waals surface area contributed by atoms with Crippen LogP contribution in [0.2, 0.25) is 0 Å². The molecule has 0 saturated heterocycles. The van der Waals surface area contributed by atoms with Gasteiger partial charge in [0.15, 0.2) is 0 Å². The summed E-state index contributed by atoms with van der Waals surface area (Å²) in [6.45, 7) is 1.57. The number of carbonyl (C=O) groups is 2. The van der Waals surface area contributed by atoms with Crippen molar-refractivity contribution in [2.75, 3.05) is 6.61 Å². The van der Waals surface area contributed by atoms with E-state index in [0.29, 0.717) is 0 Å². The minimum absolute atomic E-state index is 0. The maximum Gasteiger partial charge on any atom is 0.0985 e. The van der Waals surface area contributed by atoms with Crippen molar-refractivity contribution in [3.05, 3.63) is 0 Å². The van der Waals surface area contributed by atoms with Gasteiger partial charge in [-0.15, -0.1) is 6.61 Å². The van der Waals surface area contributed by atoms with E-state index in [9.17, 15) is 19.8 Å². The van der Waals surface area contributed by atoms with Gasteiger partial charge in [-0.3, -0.25) is 0 Å². The van der Waals surface area contributed by atoms with E-state index >= 15 is 0 Å². The molecule has 13 N–H and O–H groups in total. The Morgan fingerprint density at radius 2 is 1.47 bits per heavy atom. The van der Waals surface area contributed by atoms with Crippen molar-refractivity contribution < 1.29 is 30.0 Å². The summed E-state index contributed by atoms with van der Waals surface area (Å²) in [5, 5.41) is 36.3. The van der Waals surface area contributed by atoms with E-state index in [2.05, 4.69) is 0 Å². The fraction of sp³-hybridized carbons (Fsp3) is 0.667. The molecule has 1 atom stereocenters. The first-order valence-corrected chi connectivity index (χ1v) is 3.12. The van der Waals surface area contributed by atoms with Gasteiger partial charge >= 0.3 is 0 Å². The fourth-order valence-corrected chi connectivity index (χ4v) is 0.241. The minimum atomic E-state index is -1.96. The van der Waals surface area contributed by atoms with Crippen LogP contribution in [0.3, 0.4) is 0 Å². The number of carboxylic acids is 2. The quantitative estimate of drug-likeness (QED) is 0.388. The molecule has 1 unspecified atom stereocenters. The zero-order valence-electron chi connectivity index (χ0n) is 9.48. The van der Waals surface area contributed by atoms with Crippen molar-refractivity contribution >= 4 is 11.9 Å². The molecule has 9 nitrogen and oxygen atoms in total. The maximum absolute atomic E-state index is 9.58. The van der Waals surface area contributed by atoms with Crippen molar-refractivity contribution in [2.24, 2.45) is 0 Å². The lowest BCUT2D eigenvalue weighted by Gasteiger charge is -2.10. The standard InChI is InChI=1S/C4H6O5.C2H5O.3H3N/c5-2(4(8)9)1-3(6)7;1-2-3;;;/h2,5H,1H2,(H,6,7)(H,8,9);2H2,1H3;3*1H3/q;-1;;;/p+1. The zero-order valence-corrected chi connectivity index (χ0v) is 9.48. The third-order valence-corrected chi connectivity index (χ3v) is 0.632. The van der Waals surface area contributed by atoms with Crippen LogP contribution in [0.5, 0.6) is 0 Å². The lowest BCUT2D eigenvalue weighted by Crippen LogP contribution is -2.39. The SMILES string of the molecule is CC[O-].O=C([O-])CC(O)C(=O)[O-].[NH4+].[NH4+].[NH4+]. The third kappa shape index (κ3) is 32.3. The van der Waals surface area contributed by atoms with Crippen molar-refractivity contribution in [2.45, 2.75) is 19.4 Å². The molecule has 0 spiro atoms. The largest absolute Gasteiger partial charge is 0.855 e. The second-order valence-electron chi connectivity index (χ2n) is 1.70. The van der Waals surface area contributed by atoms with E-state index < -0.39 is 24.5 Å². The van der Waals surface area contributed by atoms with Gasteiger partial charge in [-0.1, -0.05) is 6.92 Å². The van der Waals surface area contributed by atoms with Gasteiger partial charge in [0, 0.05) is 12.4 Å². The molecule has 9 heteroatoms. The molecule has 0 amide bonds. The Morgan fingerprint density at radius 3 is 1.53 bits per heavy atom. The number of carbonyl (C=O) groups excluding carboxylic acids is 2. The van der Waals surface area contributed by atoms with Gasteiger partial charge in [-0.05, 0) is 0 Å². The Balaban J connectivity index is -0.0000000500. The molecule has 0 aromatic heterocycles. The molecule has 0 bridgehead atoms. The summed E-state index contributed by atoms with van der Waals surface area (Å²) < 4.78 is 0. The van der Waals surface area contributed by atoms with Crippen molar-refractivity contribution in [3.63, 3.8) is 0 Å². The van der Waals surface area contributed by atoms with Crippen LogP contribution in [-0.2, 0) is 9.59 Å². The van der Waals surface area contributed by atoms with Crippen LogP contribution in [0.25, 0.3) is 0 Å². The summed E-state index contributed by atoms with van der Waals surface area (Å²) in [5.41, 5.74) is 0. The molecule has 0 heterocycles.